The molecule has 4 nitrogen and oxygen atoms in total. The molecule has 0 fully saturated rings. The van der Waals surface area contributed by atoms with E-state index in [1.807, 2.05) is 20.8 Å². The third kappa shape index (κ3) is 16.9. The zero-order valence-corrected chi connectivity index (χ0v) is 24.3. The average Bonchev–Trinajstić information content (AvgIpc) is 2.74. The van der Waals surface area contributed by atoms with E-state index < -0.39 is 8.80 Å². The Balaban J connectivity index is 4.70. The predicted octanol–water partition coefficient (Wildman–Crippen LogP) is 7.67. The molecule has 32 heavy (non-hydrogen) atoms. The molecular weight excluding hydrogens is 438 g/mol. The van der Waals surface area contributed by atoms with Crippen molar-refractivity contribution in [3.05, 3.63) is 0 Å². The van der Waals surface area contributed by atoms with Gasteiger partial charge >= 0.3 is 8.80 Å². The summed E-state index contributed by atoms with van der Waals surface area (Å²) in [6, 6.07) is 0.936. The van der Waals surface area contributed by atoms with E-state index in [1.165, 1.54) is 70.8 Å². The quantitative estimate of drug-likeness (QED) is 0.0596. The molecule has 0 amide bonds. The number of quaternary nitrogens is 1. The van der Waals surface area contributed by atoms with Crippen LogP contribution in [0.1, 0.15) is 105 Å². The molecule has 0 aromatic heterocycles. The molecule has 1 atom stereocenters. The van der Waals surface area contributed by atoms with Gasteiger partial charge in [0.1, 0.15) is 0 Å². The normalized spacial score (nSPS) is 13.6. The Labute approximate surface area is 207 Å². The average molecular weight is 495 g/mol. The lowest BCUT2D eigenvalue weighted by atomic mass is 9.94. The second-order valence-electron chi connectivity index (χ2n) is 9.89. The predicted molar refractivity (Wildman–Crippen MR) is 143 cm³/mol. The van der Waals surface area contributed by atoms with Crippen molar-refractivity contribution in [2.75, 3.05) is 52.9 Å². The Morgan fingerprint density at radius 2 is 1.19 bits per heavy atom. The molecule has 0 radical (unpaired) electrons. The molecule has 0 aliphatic heterocycles. The van der Waals surface area contributed by atoms with Gasteiger partial charge in [0.05, 0.1) is 27.2 Å². The number of halogens is 1. The van der Waals surface area contributed by atoms with E-state index >= 15 is 0 Å². The smallest absolute Gasteiger partial charge is 0.374 e. The molecule has 0 aromatic rings. The Morgan fingerprint density at radius 3 is 1.69 bits per heavy atom. The first-order chi connectivity index (χ1) is 15.4. The van der Waals surface area contributed by atoms with E-state index in [9.17, 15) is 0 Å². The second-order valence-corrected chi connectivity index (χ2v) is 13.0. The van der Waals surface area contributed by atoms with Crippen LogP contribution in [0.5, 0.6) is 0 Å². The minimum Gasteiger partial charge on any atom is -0.374 e. The zero-order chi connectivity index (χ0) is 24.1. The fourth-order valence-electron chi connectivity index (χ4n) is 4.78. The van der Waals surface area contributed by atoms with Crippen LogP contribution in [0, 0.1) is 5.92 Å². The van der Waals surface area contributed by atoms with Crippen LogP contribution in [0.2, 0.25) is 6.04 Å². The van der Waals surface area contributed by atoms with E-state index in [1.54, 1.807) is 0 Å². The fourth-order valence-corrected chi connectivity index (χ4v) is 7.54. The van der Waals surface area contributed by atoms with Crippen LogP contribution in [0.25, 0.3) is 0 Å². The van der Waals surface area contributed by atoms with E-state index in [2.05, 4.69) is 21.0 Å². The summed E-state index contributed by atoms with van der Waals surface area (Å²) >= 11 is 5.98. The molecule has 194 valence electrons. The largest absolute Gasteiger partial charge is 0.500 e. The Bertz CT molecular complexity index is 396. The summed E-state index contributed by atoms with van der Waals surface area (Å²) in [5, 5.41) is 0. The van der Waals surface area contributed by atoms with Crippen molar-refractivity contribution in [1.29, 1.82) is 0 Å². The molecule has 0 heterocycles. The first kappa shape index (κ1) is 32.3. The van der Waals surface area contributed by atoms with Crippen molar-refractivity contribution in [1.82, 2.24) is 0 Å². The van der Waals surface area contributed by atoms with Crippen molar-refractivity contribution in [3.63, 3.8) is 0 Å². The van der Waals surface area contributed by atoms with Gasteiger partial charge in [0, 0.05) is 44.1 Å². The number of rotatable bonds is 24. The summed E-state index contributed by atoms with van der Waals surface area (Å²) in [5.41, 5.74) is 0. The molecule has 0 rings (SSSR count). The number of hydrogen-bond donors (Lipinski definition) is 0. The van der Waals surface area contributed by atoms with Crippen molar-refractivity contribution in [3.8, 4) is 0 Å². The highest BCUT2D eigenvalue weighted by atomic mass is 35.5. The molecule has 1 unspecified atom stereocenters. The maximum absolute atomic E-state index is 6.08. The summed E-state index contributed by atoms with van der Waals surface area (Å²) in [6.45, 7) is 12.8. The van der Waals surface area contributed by atoms with Gasteiger partial charge in [-0.3, -0.25) is 0 Å². The molecule has 0 spiro atoms. The fraction of sp³-hybridized carbons (Fsp3) is 1.00. The van der Waals surface area contributed by atoms with Crippen LogP contribution >= 0.6 is 11.6 Å². The number of hydrogen-bond acceptors (Lipinski definition) is 3. The monoisotopic (exact) mass is 494 g/mol. The molecule has 0 aromatic carbocycles. The van der Waals surface area contributed by atoms with Gasteiger partial charge in [-0.15, -0.1) is 11.6 Å². The van der Waals surface area contributed by atoms with Crippen molar-refractivity contribution < 1.29 is 17.8 Å². The lowest BCUT2D eigenvalue weighted by molar-refractivity contribution is -0.893. The Morgan fingerprint density at radius 1 is 0.688 bits per heavy atom. The molecule has 0 N–H and O–H groups in total. The van der Waals surface area contributed by atoms with Crippen molar-refractivity contribution in [2.24, 2.45) is 5.92 Å². The summed E-state index contributed by atoms with van der Waals surface area (Å²) in [4.78, 5) is 0. The standard InChI is InChI=1S/C26H57ClNO3Si/c1-7-11-12-13-14-15-16-17-20-26(25-28(5,6)23-19-22-27)21-18-24-32(29-8-2,30-9-3)31-10-4/h26H,7-25H2,1-6H3/q+1. The van der Waals surface area contributed by atoms with E-state index in [-0.39, 0.29) is 0 Å². The topological polar surface area (TPSA) is 27.7 Å². The van der Waals surface area contributed by atoms with Crippen LogP contribution in [0.15, 0.2) is 0 Å². The summed E-state index contributed by atoms with van der Waals surface area (Å²) in [6.07, 6.45) is 15.9. The minimum absolute atomic E-state index is 0.663. The van der Waals surface area contributed by atoms with Gasteiger partial charge in [0.15, 0.2) is 0 Å². The molecule has 0 aliphatic carbocycles. The van der Waals surface area contributed by atoms with Crippen LogP contribution in [0.3, 0.4) is 0 Å². The molecule has 6 heteroatoms. The molecule has 0 aliphatic rings. The Hall–Kier alpha value is 0.347. The van der Waals surface area contributed by atoms with Crippen LogP contribution in [-0.4, -0.2) is 66.2 Å². The van der Waals surface area contributed by atoms with Gasteiger partial charge < -0.3 is 17.8 Å². The molecule has 0 bridgehead atoms. The van der Waals surface area contributed by atoms with Crippen molar-refractivity contribution >= 4 is 20.4 Å². The van der Waals surface area contributed by atoms with Gasteiger partial charge in [-0.2, -0.15) is 0 Å². The lowest BCUT2D eigenvalue weighted by Crippen LogP contribution is -2.46. The van der Waals surface area contributed by atoms with E-state index in [0.717, 1.165) is 41.7 Å². The van der Waals surface area contributed by atoms with Gasteiger partial charge in [0.25, 0.3) is 0 Å². The second kappa shape index (κ2) is 20.7. The SMILES string of the molecule is CCCCCCCCCCC(CCC[Si](OCC)(OCC)OCC)C[N+](C)(C)CCCCl. The first-order valence-corrected chi connectivity index (χ1v) is 16.1. The summed E-state index contributed by atoms with van der Waals surface area (Å²) < 4.78 is 19.3. The van der Waals surface area contributed by atoms with Gasteiger partial charge in [-0.25, -0.2) is 0 Å². The van der Waals surface area contributed by atoms with Crippen LogP contribution in [-0.2, 0) is 13.3 Å². The molecule has 0 saturated carbocycles. The minimum atomic E-state index is -2.52. The number of unbranched alkanes of at least 4 members (excludes halogenated alkanes) is 7. The van der Waals surface area contributed by atoms with Gasteiger partial charge in [0.2, 0.25) is 0 Å². The van der Waals surface area contributed by atoms with E-state index in [0.29, 0.717) is 19.8 Å². The Kier molecular flexibility index (Phi) is 20.9. The maximum Gasteiger partial charge on any atom is 0.500 e. The van der Waals surface area contributed by atoms with Crippen LogP contribution in [0.4, 0.5) is 0 Å². The summed E-state index contributed by atoms with van der Waals surface area (Å²) in [7, 11) is 2.21. The highest BCUT2D eigenvalue weighted by Crippen LogP contribution is 2.25. The van der Waals surface area contributed by atoms with Crippen LogP contribution < -0.4 is 0 Å². The lowest BCUT2D eigenvalue weighted by Gasteiger charge is -2.34. The van der Waals surface area contributed by atoms with Gasteiger partial charge in [-0.1, -0.05) is 58.3 Å². The van der Waals surface area contributed by atoms with Gasteiger partial charge in [-0.05, 0) is 40.0 Å². The molecular formula is C26H57ClNO3Si+. The number of nitrogens with zero attached hydrogens (tertiary/aromatic N) is 1. The zero-order valence-electron chi connectivity index (χ0n) is 22.6. The van der Waals surface area contributed by atoms with E-state index in [4.69, 9.17) is 24.9 Å². The summed E-state index contributed by atoms with van der Waals surface area (Å²) in [5.74, 6) is 1.51. The third-order valence-electron chi connectivity index (χ3n) is 6.30. The highest BCUT2D eigenvalue weighted by Gasteiger charge is 2.40. The van der Waals surface area contributed by atoms with Crippen molar-refractivity contribution in [2.45, 2.75) is 111 Å². The highest BCUT2D eigenvalue weighted by molar-refractivity contribution is 6.60. The molecule has 0 saturated heterocycles. The first-order valence-electron chi connectivity index (χ1n) is 13.7. The maximum atomic E-state index is 6.08. The number of alkyl halides is 1. The third-order valence-corrected chi connectivity index (χ3v) is 9.72.